The molecule has 1 atom stereocenters. The lowest BCUT2D eigenvalue weighted by Gasteiger charge is -2.10. The van der Waals surface area contributed by atoms with Crippen molar-refractivity contribution in [1.29, 1.82) is 0 Å². The summed E-state index contributed by atoms with van der Waals surface area (Å²) in [4.78, 5) is 11.7. The van der Waals surface area contributed by atoms with Crippen LogP contribution in [0.3, 0.4) is 0 Å². The smallest absolute Gasteiger partial charge is 0.242 e. The normalized spacial score (nSPS) is 19.8. The van der Waals surface area contributed by atoms with Crippen LogP contribution in [0.15, 0.2) is 18.2 Å². The summed E-state index contributed by atoms with van der Waals surface area (Å²) in [7, 11) is 0. The third kappa shape index (κ3) is 2.54. The number of hydrogen-bond donors (Lipinski definition) is 2. The maximum Gasteiger partial charge on any atom is 0.242 e. The molecule has 1 aliphatic heterocycles. The predicted molar refractivity (Wildman–Crippen MR) is 64.0 cm³/mol. The molecular weight excluding hydrogens is 227 g/mol. The van der Waals surface area contributed by atoms with Crippen LogP contribution in [0, 0.1) is 12.7 Å². The molecule has 16 heavy (non-hydrogen) atoms. The molecule has 1 unspecified atom stereocenters. The molecule has 1 amide bonds. The first kappa shape index (κ1) is 11.4. The molecule has 1 aromatic carbocycles. The van der Waals surface area contributed by atoms with Crippen molar-refractivity contribution in [2.24, 2.45) is 0 Å². The first-order chi connectivity index (χ1) is 7.66. The number of hydrogen-bond acceptors (Lipinski definition) is 3. The Bertz CT molecular complexity index is 405. The van der Waals surface area contributed by atoms with E-state index in [1.807, 2.05) is 0 Å². The van der Waals surface area contributed by atoms with E-state index in [1.54, 1.807) is 30.8 Å². The SMILES string of the molecule is Cc1ccc(NC(=O)C2CSCN2)cc1F. The number of thioether (sulfide) groups is 1. The molecule has 1 aromatic rings. The van der Waals surface area contributed by atoms with Crippen LogP contribution in [0.1, 0.15) is 5.56 Å². The summed E-state index contributed by atoms with van der Waals surface area (Å²) in [6, 6.07) is 4.53. The zero-order valence-electron chi connectivity index (χ0n) is 8.92. The van der Waals surface area contributed by atoms with E-state index < -0.39 is 0 Å². The Labute approximate surface area is 97.8 Å². The van der Waals surface area contributed by atoms with Gasteiger partial charge in [-0.2, -0.15) is 0 Å². The zero-order chi connectivity index (χ0) is 11.5. The maximum absolute atomic E-state index is 13.2. The van der Waals surface area contributed by atoms with Crippen molar-refractivity contribution in [2.75, 3.05) is 16.9 Å². The second-order valence-corrected chi connectivity index (χ2v) is 4.76. The summed E-state index contributed by atoms with van der Waals surface area (Å²) in [6.07, 6.45) is 0. The first-order valence-corrected chi connectivity index (χ1v) is 6.20. The summed E-state index contributed by atoms with van der Waals surface area (Å²) in [5.74, 6) is 1.15. The molecule has 2 rings (SSSR count). The van der Waals surface area contributed by atoms with Gasteiger partial charge >= 0.3 is 0 Å². The lowest BCUT2D eigenvalue weighted by Crippen LogP contribution is -2.37. The number of benzene rings is 1. The Hall–Kier alpha value is -1.07. The quantitative estimate of drug-likeness (QED) is 0.827. The van der Waals surface area contributed by atoms with Crippen molar-refractivity contribution in [3.05, 3.63) is 29.6 Å². The van der Waals surface area contributed by atoms with Crippen LogP contribution in [0.4, 0.5) is 10.1 Å². The number of halogens is 1. The third-order valence-corrected chi connectivity index (χ3v) is 3.41. The van der Waals surface area contributed by atoms with Crippen molar-refractivity contribution >= 4 is 23.4 Å². The van der Waals surface area contributed by atoms with Gasteiger partial charge in [0.15, 0.2) is 0 Å². The summed E-state index contributed by atoms with van der Waals surface area (Å²) in [6.45, 7) is 1.69. The van der Waals surface area contributed by atoms with Gasteiger partial charge in [-0.05, 0) is 24.6 Å². The topological polar surface area (TPSA) is 41.1 Å². The van der Waals surface area contributed by atoms with Gasteiger partial charge in [0.05, 0.1) is 6.04 Å². The monoisotopic (exact) mass is 240 g/mol. The van der Waals surface area contributed by atoms with E-state index in [1.165, 1.54) is 6.07 Å². The average molecular weight is 240 g/mol. The van der Waals surface area contributed by atoms with Gasteiger partial charge in [-0.25, -0.2) is 4.39 Å². The van der Waals surface area contributed by atoms with Gasteiger partial charge in [0.1, 0.15) is 5.82 Å². The molecule has 2 N–H and O–H groups in total. The Balaban J connectivity index is 2.02. The van der Waals surface area contributed by atoms with Crippen molar-refractivity contribution in [3.8, 4) is 0 Å². The van der Waals surface area contributed by atoms with Crippen molar-refractivity contribution in [1.82, 2.24) is 5.32 Å². The highest BCUT2D eigenvalue weighted by molar-refractivity contribution is 7.99. The Morgan fingerprint density at radius 3 is 3.06 bits per heavy atom. The molecule has 0 spiro atoms. The van der Waals surface area contributed by atoms with E-state index in [0.29, 0.717) is 11.3 Å². The van der Waals surface area contributed by atoms with Crippen LogP contribution < -0.4 is 10.6 Å². The van der Waals surface area contributed by atoms with E-state index in [0.717, 1.165) is 11.6 Å². The first-order valence-electron chi connectivity index (χ1n) is 5.05. The molecular formula is C11H13FN2OS. The predicted octanol–water partition coefficient (Wildman–Crippen LogP) is 1.74. The van der Waals surface area contributed by atoms with Gasteiger partial charge in [-0.1, -0.05) is 6.07 Å². The molecule has 1 saturated heterocycles. The minimum absolute atomic E-state index is 0.103. The Morgan fingerprint density at radius 1 is 1.62 bits per heavy atom. The number of carbonyl (C=O) groups excluding carboxylic acids is 1. The third-order valence-electron chi connectivity index (χ3n) is 2.47. The standard InChI is InChI=1S/C11H13FN2OS/c1-7-2-3-8(4-9(7)12)14-11(15)10-5-16-6-13-10/h2-4,10,13H,5-6H2,1H3,(H,14,15). The van der Waals surface area contributed by atoms with Crippen molar-refractivity contribution in [3.63, 3.8) is 0 Å². The highest BCUT2D eigenvalue weighted by Crippen LogP contribution is 2.15. The molecule has 0 radical (unpaired) electrons. The van der Waals surface area contributed by atoms with Crippen LogP contribution in [0.2, 0.25) is 0 Å². The maximum atomic E-state index is 13.2. The molecule has 0 aliphatic carbocycles. The van der Waals surface area contributed by atoms with Gasteiger partial charge < -0.3 is 5.32 Å². The number of carbonyl (C=O) groups is 1. The molecule has 0 bridgehead atoms. The summed E-state index contributed by atoms with van der Waals surface area (Å²) in [5.41, 5.74) is 1.08. The van der Waals surface area contributed by atoms with Gasteiger partial charge in [0.2, 0.25) is 5.91 Å². The van der Waals surface area contributed by atoms with E-state index in [9.17, 15) is 9.18 Å². The molecule has 0 saturated carbocycles. The lowest BCUT2D eigenvalue weighted by molar-refractivity contribution is -0.117. The van der Waals surface area contributed by atoms with Crippen molar-refractivity contribution < 1.29 is 9.18 Å². The number of rotatable bonds is 2. The highest BCUT2D eigenvalue weighted by Gasteiger charge is 2.22. The number of nitrogens with one attached hydrogen (secondary N) is 2. The summed E-state index contributed by atoms with van der Waals surface area (Å²) in [5, 5.41) is 5.76. The second kappa shape index (κ2) is 4.84. The molecule has 86 valence electrons. The van der Waals surface area contributed by atoms with Crippen LogP contribution in [-0.4, -0.2) is 23.6 Å². The van der Waals surface area contributed by atoms with E-state index >= 15 is 0 Å². The van der Waals surface area contributed by atoms with E-state index in [2.05, 4.69) is 10.6 Å². The molecule has 3 nitrogen and oxygen atoms in total. The lowest BCUT2D eigenvalue weighted by atomic mass is 10.2. The average Bonchev–Trinajstić information content (AvgIpc) is 2.77. The minimum Gasteiger partial charge on any atom is -0.325 e. The van der Waals surface area contributed by atoms with Gasteiger partial charge in [0, 0.05) is 17.3 Å². The second-order valence-electron chi connectivity index (χ2n) is 3.73. The summed E-state index contributed by atoms with van der Waals surface area (Å²) >= 11 is 1.68. The van der Waals surface area contributed by atoms with Crippen LogP contribution in [0.5, 0.6) is 0 Å². The molecule has 1 heterocycles. The highest BCUT2D eigenvalue weighted by atomic mass is 32.2. The van der Waals surface area contributed by atoms with Crippen LogP contribution in [0.25, 0.3) is 0 Å². The van der Waals surface area contributed by atoms with E-state index in [4.69, 9.17) is 0 Å². The Kier molecular flexibility index (Phi) is 3.46. The van der Waals surface area contributed by atoms with Gasteiger partial charge in [0.25, 0.3) is 0 Å². The zero-order valence-corrected chi connectivity index (χ0v) is 9.73. The van der Waals surface area contributed by atoms with Crippen LogP contribution in [-0.2, 0) is 4.79 Å². The van der Waals surface area contributed by atoms with Gasteiger partial charge in [-0.3, -0.25) is 10.1 Å². The summed E-state index contributed by atoms with van der Waals surface area (Å²) < 4.78 is 13.2. The van der Waals surface area contributed by atoms with Gasteiger partial charge in [-0.15, -0.1) is 11.8 Å². The minimum atomic E-state index is -0.299. The fourth-order valence-electron chi connectivity index (χ4n) is 1.46. The van der Waals surface area contributed by atoms with Crippen LogP contribution >= 0.6 is 11.8 Å². The fourth-order valence-corrected chi connectivity index (χ4v) is 2.41. The Morgan fingerprint density at radius 2 is 2.44 bits per heavy atom. The fraction of sp³-hybridized carbons (Fsp3) is 0.364. The molecule has 1 aliphatic rings. The number of aryl methyl sites for hydroxylation is 1. The largest absolute Gasteiger partial charge is 0.325 e. The molecule has 0 aromatic heterocycles. The number of amides is 1. The molecule has 1 fully saturated rings. The van der Waals surface area contributed by atoms with E-state index in [-0.39, 0.29) is 17.8 Å². The number of anilines is 1. The van der Waals surface area contributed by atoms with Crippen molar-refractivity contribution in [2.45, 2.75) is 13.0 Å². The molecule has 5 heteroatoms.